The van der Waals surface area contributed by atoms with Crippen LogP contribution in [-0.4, -0.2) is 21.7 Å². The number of aryl methyl sites for hydroxylation is 1. The molecule has 1 aliphatic heterocycles. The number of rotatable bonds is 3. The summed E-state index contributed by atoms with van der Waals surface area (Å²) in [5.41, 5.74) is 9.18. The van der Waals surface area contributed by atoms with Gasteiger partial charge in [-0.1, -0.05) is 6.07 Å². The Hall–Kier alpha value is -2.58. The number of amidine groups is 1. The third-order valence-electron chi connectivity index (χ3n) is 4.15. The zero-order valence-electron chi connectivity index (χ0n) is 14.5. The Labute approximate surface area is 163 Å². The summed E-state index contributed by atoms with van der Waals surface area (Å²) < 4.78 is 34.8. The number of methoxy groups -OCH3 is 1. The molecule has 0 saturated carbocycles. The summed E-state index contributed by atoms with van der Waals surface area (Å²) in [6.45, 7) is 1.89. The molecule has 0 fully saturated rings. The summed E-state index contributed by atoms with van der Waals surface area (Å²) >= 11 is 0. The molecular weight excluding hydrogens is 394 g/mol. The van der Waals surface area contributed by atoms with Gasteiger partial charge >= 0.3 is 0 Å². The average Bonchev–Trinajstić information content (AvgIpc) is 3.13. The molecule has 0 bridgehead atoms. The lowest BCUT2D eigenvalue weighted by atomic mass is 10.3. The Morgan fingerprint density at radius 3 is 2.56 bits per heavy atom. The highest BCUT2D eigenvalue weighted by Crippen LogP contribution is 2.47. The summed E-state index contributed by atoms with van der Waals surface area (Å²) in [7, 11) is -0.0484. The molecule has 0 amide bonds. The first-order valence-corrected chi connectivity index (χ1v) is 9.23. The SMILES string of the molecule is COc1c(F)cc([SH]2C=C(c3c(C)nc4ccccn34)N=C2N)cc1F.Cl. The summed E-state index contributed by atoms with van der Waals surface area (Å²) in [5, 5.41) is 2.19. The predicted molar refractivity (Wildman–Crippen MR) is 107 cm³/mol. The molecule has 0 radical (unpaired) electrons. The van der Waals surface area contributed by atoms with Crippen LogP contribution >= 0.6 is 23.3 Å². The molecule has 0 saturated heterocycles. The van der Waals surface area contributed by atoms with Gasteiger partial charge in [-0.2, -0.15) is 0 Å². The van der Waals surface area contributed by atoms with Crippen molar-refractivity contribution in [2.24, 2.45) is 10.7 Å². The maximum absolute atomic E-state index is 14.1. The Bertz CT molecular complexity index is 1070. The number of fused-ring (bicyclic) bond motifs is 1. The van der Waals surface area contributed by atoms with E-state index in [1.165, 1.54) is 19.2 Å². The van der Waals surface area contributed by atoms with E-state index >= 15 is 0 Å². The first kappa shape index (κ1) is 19.2. The summed E-state index contributed by atoms with van der Waals surface area (Å²) in [6, 6.07) is 8.20. The predicted octanol–water partition coefficient (Wildman–Crippen LogP) is 4.04. The van der Waals surface area contributed by atoms with Gasteiger partial charge in [0, 0.05) is 11.1 Å². The van der Waals surface area contributed by atoms with Crippen molar-refractivity contribution >= 4 is 39.8 Å². The summed E-state index contributed by atoms with van der Waals surface area (Å²) in [4.78, 5) is 9.41. The van der Waals surface area contributed by atoms with Crippen LogP contribution in [0.5, 0.6) is 5.75 Å². The number of pyridine rings is 1. The molecule has 4 rings (SSSR count). The second-order valence-corrected chi connectivity index (χ2v) is 7.74. The van der Waals surface area contributed by atoms with E-state index in [0.29, 0.717) is 15.8 Å². The third kappa shape index (κ3) is 3.15. The molecule has 1 atom stereocenters. The summed E-state index contributed by atoms with van der Waals surface area (Å²) in [5.74, 6) is -1.92. The number of benzene rings is 1. The molecule has 1 unspecified atom stereocenters. The average molecular weight is 411 g/mol. The number of aliphatic imine (C=N–C) groups is 1. The molecule has 5 nitrogen and oxygen atoms in total. The fourth-order valence-electron chi connectivity index (χ4n) is 3.02. The highest BCUT2D eigenvalue weighted by molar-refractivity contribution is 8.32. The van der Waals surface area contributed by atoms with E-state index in [-0.39, 0.29) is 12.4 Å². The fraction of sp³-hybridized carbons (Fsp3) is 0.111. The zero-order chi connectivity index (χ0) is 18.4. The molecule has 9 heteroatoms. The van der Waals surface area contributed by atoms with E-state index in [2.05, 4.69) is 9.98 Å². The van der Waals surface area contributed by atoms with E-state index in [0.717, 1.165) is 17.0 Å². The van der Waals surface area contributed by atoms with Gasteiger partial charge in [0.2, 0.25) is 0 Å². The highest BCUT2D eigenvalue weighted by Gasteiger charge is 2.24. The molecule has 142 valence electrons. The Morgan fingerprint density at radius 2 is 1.89 bits per heavy atom. The lowest BCUT2D eigenvalue weighted by molar-refractivity contribution is 0.358. The van der Waals surface area contributed by atoms with Gasteiger partial charge in [-0.25, -0.2) is 18.8 Å². The molecular formula is C18H17ClF2N4OS. The number of halogens is 3. The van der Waals surface area contributed by atoms with Crippen molar-refractivity contribution in [2.75, 3.05) is 7.11 Å². The molecule has 0 spiro atoms. The molecule has 2 aromatic heterocycles. The van der Waals surface area contributed by atoms with Crippen molar-refractivity contribution in [1.29, 1.82) is 0 Å². The van der Waals surface area contributed by atoms with Gasteiger partial charge in [0.1, 0.15) is 10.8 Å². The quantitative estimate of drug-likeness (QED) is 0.640. The number of hydrogen-bond donors (Lipinski definition) is 2. The molecule has 0 aliphatic carbocycles. The van der Waals surface area contributed by atoms with Crippen LogP contribution in [0.4, 0.5) is 8.78 Å². The van der Waals surface area contributed by atoms with Gasteiger partial charge in [0.05, 0.1) is 24.2 Å². The number of thiol groups is 1. The minimum atomic E-state index is -1.27. The van der Waals surface area contributed by atoms with Crippen LogP contribution in [0.3, 0.4) is 0 Å². The Balaban J connectivity index is 0.00000210. The van der Waals surface area contributed by atoms with Crippen LogP contribution in [0.1, 0.15) is 11.4 Å². The van der Waals surface area contributed by atoms with E-state index < -0.39 is 28.3 Å². The smallest absolute Gasteiger partial charge is 0.190 e. The monoisotopic (exact) mass is 410 g/mol. The largest absolute Gasteiger partial charge is 0.491 e. The normalized spacial score (nSPS) is 17.4. The molecule has 27 heavy (non-hydrogen) atoms. The van der Waals surface area contributed by atoms with Crippen LogP contribution in [0.2, 0.25) is 0 Å². The number of imidazole rings is 1. The Morgan fingerprint density at radius 1 is 1.19 bits per heavy atom. The Kier molecular flexibility index (Phi) is 5.12. The van der Waals surface area contributed by atoms with E-state index in [1.54, 1.807) is 0 Å². The first-order chi connectivity index (χ1) is 12.5. The van der Waals surface area contributed by atoms with Crippen molar-refractivity contribution < 1.29 is 13.5 Å². The van der Waals surface area contributed by atoms with Crippen LogP contribution < -0.4 is 10.5 Å². The van der Waals surface area contributed by atoms with Gasteiger partial charge in [-0.3, -0.25) is 4.40 Å². The van der Waals surface area contributed by atoms with Gasteiger partial charge < -0.3 is 10.5 Å². The molecule has 1 aromatic carbocycles. The zero-order valence-corrected chi connectivity index (χ0v) is 16.2. The minimum absolute atomic E-state index is 0. The molecule has 3 aromatic rings. The molecule has 2 N–H and O–H groups in total. The van der Waals surface area contributed by atoms with Crippen LogP contribution in [-0.2, 0) is 0 Å². The lowest BCUT2D eigenvalue weighted by Gasteiger charge is -2.14. The van der Waals surface area contributed by atoms with Crippen molar-refractivity contribution in [3.8, 4) is 5.75 Å². The minimum Gasteiger partial charge on any atom is -0.491 e. The van der Waals surface area contributed by atoms with E-state index in [1.807, 2.05) is 41.1 Å². The van der Waals surface area contributed by atoms with Gasteiger partial charge in [0.25, 0.3) is 0 Å². The van der Waals surface area contributed by atoms with Crippen LogP contribution in [0, 0.1) is 18.6 Å². The second-order valence-electron chi connectivity index (χ2n) is 5.77. The first-order valence-electron chi connectivity index (χ1n) is 7.82. The maximum Gasteiger partial charge on any atom is 0.190 e. The third-order valence-corrected chi connectivity index (χ3v) is 6.06. The van der Waals surface area contributed by atoms with Gasteiger partial charge in [-0.15, -0.1) is 23.3 Å². The topological polar surface area (TPSA) is 64.9 Å². The summed E-state index contributed by atoms with van der Waals surface area (Å²) in [6.07, 6.45) is 1.89. The van der Waals surface area contributed by atoms with Gasteiger partial charge in [0.15, 0.2) is 17.4 Å². The highest BCUT2D eigenvalue weighted by atomic mass is 35.5. The number of ether oxygens (including phenoxy) is 1. The lowest BCUT2D eigenvalue weighted by Crippen LogP contribution is -2.09. The maximum atomic E-state index is 14.1. The number of nitrogens with zero attached hydrogens (tertiary/aromatic N) is 3. The number of hydrogen-bond acceptors (Lipinski definition) is 4. The number of aromatic nitrogens is 2. The van der Waals surface area contributed by atoms with Crippen molar-refractivity contribution in [3.05, 3.63) is 65.0 Å². The second kappa shape index (κ2) is 7.21. The van der Waals surface area contributed by atoms with Crippen molar-refractivity contribution in [3.63, 3.8) is 0 Å². The van der Waals surface area contributed by atoms with Gasteiger partial charge in [-0.05, 0) is 36.6 Å². The molecule has 1 aliphatic rings. The molecule has 3 heterocycles. The van der Waals surface area contributed by atoms with E-state index in [4.69, 9.17) is 10.5 Å². The standard InChI is InChI=1S/C18H16F2N4OS.ClH/c1-10-16(24-6-4-3-5-15(24)22-10)14-9-26(18(21)23-14)11-7-12(19)17(25-2)13(20)8-11;/h3-9,26H,1-2H3,(H2,21,23);1H. The van der Waals surface area contributed by atoms with Crippen molar-refractivity contribution in [2.45, 2.75) is 11.8 Å². The van der Waals surface area contributed by atoms with Crippen LogP contribution in [0.25, 0.3) is 11.3 Å². The fourth-order valence-corrected chi connectivity index (χ4v) is 4.71. The van der Waals surface area contributed by atoms with Crippen LogP contribution in [0.15, 0.2) is 51.8 Å². The van der Waals surface area contributed by atoms with E-state index in [9.17, 15) is 8.78 Å². The van der Waals surface area contributed by atoms with Crippen molar-refractivity contribution in [1.82, 2.24) is 9.38 Å². The number of nitrogens with two attached hydrogens (primary N) is 1.